The van der Waals surface area contributed by atoms with Crippen molar-refractivity contribution in [3.63, 3.8) is 0 Å². The van der Waals surface area contributed by atoms with Crippen LogP contribution in [0.4, 0.5) is 0 Å². The highest BCUT2D eigenvalue weighted by Gasteiger charge is 2.39. The molecule has 41 heavy (non-hydrogen) atoms. The van der Waals surface area contributed by atoms with Crippen LogP contribution in [0.15, 0.2) is 60.7 Å². The smallest absolute Gasteiger partial charge is 0.250 e. The van der Waals surface area contributed by atoms with Crippen LogP contribution in [0.3, 0.4) is 0 Å². The average molecular weight is 579 g/mol. The van der Waals surface area contributed by atoms with E-state index in [0.717, 1.165) is 16.9 Å². The van der Waals surface area contributed by atoms with Crippen LogP contribution in [0.1, 0.15) is 71.8 Å². The lowest BCUT2D eigenvalue weighted by molar-refractivity contribution is 0.0486. The molecule has 0 amide bonds. The maximum Gasteiger partial charge on any atom is 0.250 e. The number of carbonyl (C=O) groups is 1. The zero-order valence-corrected chi connectivity index (χ0v) is 26.2. The van der Waals surface area contributed by atoms with E-state index in [9.17, 15) is 9.90 Å². The number of rotatable bonds is 11. The zero-order valence-electron chi connectivity index (χ0n) is 25.2. The lowest BCUT2D eigenvalue weighted by atomic mass is 9.76. The standard InChI is InChI=1S/C33H42O7Si/c1-33(2,3)41(6,7)40-26-14-10-23(11-15-26)32(35)31-28-18-24(22-8-12-25(13-9-22)38-20-36-4)19-29(34)27(28)16-17-30(31)39-21-37-5/h8-17,24,32,35H,18-21H2,1-7H3. The van der Waals surface area contributed by atoms with Gasteiger partial charge < -0.3 is 28.5 Å². The summed E-state index contributed by atoms with van der Waals surface area (Å²) in [7, 11) is 1.12. The topological polar surface area (TPSA) is 83.5 Å². The van der Waals surface area contributed by atoms with Gasteiger partial charge in [-0.2, -0.15) is 0 Å². The summed E-state index contributed by atoms with van der Waals surface area (Å²) < 4.78 is 28.0. The fourth-order valence-electron chi connectivity index (χ4n) is 4.86. The normalized spacial score (nSPS) is 16.2. The van der Waals surface area contributed by atoms with Crippen molar-refractivity contribution >= 4 is 14.1 Å². The van der Waals surface area contributed by atoms with E-state index in [-0.39, 0.29) is 30.3 Å². The predicted octanol–water partition coefficient (Wildman–Crippen LogP) is 7.03. The number of ether oxygens (including phenoxy) is 4. The Kier molecular flexibility index (Phi) is 9.59. The minimum absolute atomic E-state index is 0.0259. The largest absolute Gasteiger partial charge is 0.544 e. The number of aliphatic hydroxyl groups excluding tert-OH is 1. The molecule has 2 unspecified atom stereocenters. The monoisotopic (exact) mass is 578 g/mol. The molecule has 0 aliphatic heterocycles. The van der Waals surface area contributed by atoms with Crippen LogP contribution in [0.5, 0.6) is 17.2 Å². The molecule has 0 fully saturated rings. The van der Waals surface area contributed by atoms with Gasteiger partial charge in [0.2, 0.25) is 8.32 Å². The number of carbonyl (C=O) groups excluding carboxylic acids is 1. The highest BCUT2D eigenvalue weighted by atomic mass is 28.4. The first-order valence-electron chi connectivity index (χ1n) is 13.9. The summed E-state index contributed by atoms with van der Waals surface area (Å²) in [5.74, 6) is 1.98. The lowest BCUT2D eigenvalue weighted by Gasteiger charge is -2.36. The highest BCUT2D eigenvalue weighted by Crippen LogP contribution is 2.43. The molecule has 8 heteroatoms. The first-order valence-corrected chi connectivity index (χ1v) is 16.9. The number of benzene rings is 3. The summed E-state index contributed by atoms with van der Waals surface area (Å²) in [4.78, 5) is 13.4. The van der Waals surface area contributed by atoms with E-state index < -0.39 is 14.4 Å². The number of methoxy groups -OCH3 is 2. The Morgan fingerprint density at radius 2 is 1.46 bits per heavy atom. The number of aliphatic hydroxyl groups is 1. The molecule has 1 N–H and O–H groups in total. The van der Waals surface area contributed by atoms with Crippen LogP contribution in [-0.2, 0) is 15.9 Å². The Morgan fingerprint density at radius 3 is 2.07 bits per heavy atom. The van der Waals surface area contributed by atoms with Crippen molar-refractivity contribution in [3.8, 4) is 17.2 Å². The average Bonchev–Trinajstić information content (AvgIpc) is 2.94. The summed E-state index contributed by atoms with van der Waals surface area (Å²) >= 11 is 0. The maximum atomic E-state index is 13.4. The summed E-state index contributed by atoms with van der Waals surface area (Å²) in [5, 5.41) is 11.8. The number of hydrogen-bond donors (Lipinski definition) is 1. The second-order valence-electron chi connectivity index (χ2n) is 12.0. The van der Waals surface area contributed by atoms with E-state index in [0.29, 0.717) is 41.0 Å². The molecule has 4 rings (SSSR count). The molecule has 1 aliphatic rings. The summed E-state index contributed by atoms with van der Waals surface area (Å²) in [6, 6.07) is 18.9. The van der Waals surface area contributed by atoms with Crippen molar-refractivity contribution in [1.29, 1.82) is 0 Å². The molecule has 0 heterocycles. The number of Topliss-reactive ketones (excluding diaryl/α,β-unsaturated/α-hetero) is 1. The Labute approximate surface area is 244 Å². The number of fused-ring (bicyclic) bond motifs is 1. The first kappa shape index (κ1) is 30.8. The lowest BCUT2D eigenvalue weighted by Crippen LogP contribution is -2.43. The molecule has 0 saturated carbocycles. The first-order chi connectivity index (χ1) is 19.4. The molecule has 2 atom stereocenters. The maximum absolute atomic E-state index is 13.4. The van der Waals surface area contributed by atoms with E-state index in [1.165, 1.54) is 0 Å². The molecule has 0 saturated heterocycles. The van der Waals surface area contributed by atoms with Crippen molar-refractivity contribution in [2.75, 3.05) is 27.8 Å². The van der Waals surface area contributed by atoms with Crippen LogP contribution in [0.25, 0.3) is 0 Å². The minimum Gasteiger partial charge on any atom is -0.544 e. The summed E-state index contributed by atoms with van der Waals surface area (Å²) in [6.07, 6.45) is -0.0313. The van der Waals surface area contributed by atoms with Crippen molar-refractivity contribution < 1.29 is 33.3 Å². The number of hydrogen-bond acceptors (Lipinski definition) is 7. The Bertz CT molecular complexity index is 1330. The zero-order chi connectivity index (χ0) is 29.8. The molecule has 3 aromatic rings. The van der Waals surface area contributed by atoms with E-state index in [2.05, 4.69) is 33.9 Å². The van der Waals surface area contributed by atoms with Crippen LogP contribution < -0.4 is 13.9 Å². The fourth-order valence-corrected chi connectivity index (χ4v) is 5.89. The molecular weight excluding hydrogens is 536 g/mol. The van der Waals surface area contributed by atoms with Gasteiger partial charge in [0.1, 0.15) is 23.4 Å². The minimum atomic E-state index is -2.00. The van der Waals surface area contributed by atoms with E-state index >= 15 is 0 Å². The molecule has 0 aromatic heterocycles. The van der Waals surface area contributed by atoms with Crippen LogP contribution in [0.2, 0.25) is 18.1 Å². The Balaban J connectivity index is 1.67. The van der Waals surface area contributed by atoms with E-state index in [1.807, 2.05) is 48.5 Å². The molecule has 7 nitrogen and oxygen atoms in total. The molecular formula is C33H42O7Si. The van der Waals surface area contributed by atoms with E-state index in [1.54, 1.807) is 26.4 Å². The summed E-state index contributed by atoms with van der Waals surface area (Å²) in [6.45, 7) is 11.2. The van der Waals surface area contributed by atoms with Gasteiger partial charge in [-0.05, 0) is 83.6 Å². The van der Waals surface area contributed by atoms with Gasteiger partial charge in [0.15, 0.2) is 19.4 Å². The van der Waals surface area contributed by atoms with Gasteiger partial charge in [-0.25, -0.2) is 0 Å². The molecule has 1 aliphatic carbocycles. The quantitative estimate of drug-likeness (QED) is 0.193. The highest BCUT2D eigenvalue weighted by molar-refractivity contribution is 6.74. The molecule has 0 bridgehead atoms. The van der Waals surface area contributed by atoms with Crippen molar-refractivity contribution in [3.05, 3.63) is 88.5 Å². The van der Waals surface area contributed by atoms with Crippen molar-refractivity contribution in [2.45, 2.75) is 63.8 Å². The van der Waals surface area contributed by atoms with Gasteiger partial charge in [0.05, 0.1) is 0 Å². The Morgan fingerprint density at radius 1 is 0.854 bits per heavy atom. The third-order valence-electron chi connectivity index (χ3n) is 8.18. The fraction of sp³-hybridized carbons (Fsp3) is 0.424. The van der Waals surface area contributed by atoms with Crippen molar-refractivity contribution in [2.24, 2.45) is 0 Å². The van der Waals surface area contributed by atoms with Crippen LogP contribution >= 0.6 is 0 Å². The second-order valence-corrected chi connectivity index (χ2v) is 16.8. The molecule has 0 radical (unpaired) electrons. The van der Waals surface area contributed by atoms with Crippen LogP contribution in [-0.4, -0.2) is 47.0 Å². The van der Waals surface area contributed by atoms with Gasteiger partial charge in [0, 0.05) is 31.8 Å². The SMILES string of the molecule is COCOc1ccc(C2CC(=O)c3ccc(OCOC)c(C(O)c4ccc(O[Si](C)(C)C(C)(C)C)cc4)c3C2)cc1. The van der Waals surface area contributed by atoms with Gasteiger partial charge in [-0.3, -0.25) is 4.79 Å². The second kappa shape index (κ2) is 12.8. The van der Waals surface area contributed by atoms with Gasteiger partial charge in [-0.15, -0.1) is 0 Å². The van der Waals surface area contributed by atoms with Crippen molar-refractivity contribution in [1.82, 2.24) is 0 Å². The molecule has 3 aromatic carbocycles. The van der Waals surface area contributed by atoms with E-state index in [4.69, 9.17) is 23.4 Å². The summed E-state index contributed by atoms with van der Waals surface area (Å²) in [5.41, 5.74) is 3.74. The van der Waals surface area contributed by atoms with Crippen LogP contribution in [0, 0.1) is 0 Å². The predicted molar refractivity (Wildman–Crippen MR) is 162 cm³/mol. The van der Waals surface area contributed by atoms with Gasteiger partial charge in [0.25, 0.3) is 0 Å². The molecule has 0 spiro atoms. The number of ketones is 1. The molecule has 220 valence electrons. The Hall–Kier alpha value is -3.17. The van der Waals surface area contributed by atoms with Gasteiger partial charge >= 0.3 is 0 Å². The third kappa shape index (κ3) is 7.01. The van der Waals surface area contributed by atoms with Gasteiger partial charge in [-0.1, -0.05) is 45.0 Å². The third-order valence-corrected chi connectivity index (χ3v) is 12.5.